The molecule has 4 heterocycles. The van der Waals surface area contributed by atoms with Crippen LogP contribution in [-0.2, 0) is 4.74 Å². The van der Waals surface area contributed by atoms with Crippen LogP contribution in [-0.4, -0.2) is 77.2 Å². The Labute approximate surface area is 238 Å². The van der Waals surface area contributed by atoms with E-state index in [4.69, 9.17) is 35.6 Å². The SMILES string of the molecule is CCC[C@@H](O)COc1ccc(Cl)c(-c2nc(-c3c(C)noc3C)c(C)c(N3CC4=C(CN(C(=O)OC)C4)C3)n2)c1. The molecular formula is C29H34ClN5O5. The fourth-order valence-corrected chi connectivity index (χ4v) is 5.56. The summed E-state index contributed by atoms with van der Waals surface area (Å²) < 4.78 is 16.3. The first-order valence-electron chi connectivity index (χ1n) is 13.4. The number of nitrogens with zero attached hydrogens (tertiary/aromatic N) is 5. The fourth-order valence-electron chi connectivity index (χ4n) is 5.36. The van der Waals surface area contributed by atoms with Gasteiger partial charge in [-0.15, -0.1) is 0 Å². The number of rotatable bonds is 8. The lowest BCUT2D eigenvalue weighted by Crippen LogP contribution is -2.34. The summed E-state index contributed by atoms with van der Waals surface area (Å²) in [5, 5.41) is 14.8. The number of aryl methyl sites for hydroxylation is 2. The lowest BCUT2D eigenvalue weighted by atomic mass is 10.0. The summed E-state index contributed by atoms with van der Waals surface area (Å²) in [4.78, 5) is 26.0. The third-order valence-corrected chi connectivity index (χ3v) is 7.72. The van der Waals surface area contributed by atoms with Crippen molar-refractivity contribution in [1.29, 1.82) is 0 Å². The molecule has 0 unspecified atom stereocenters. The number of amides is 1. The third-order valence-electron chi connectivity index (χ3n) is 7.39. The molecule has 1 aromatic carbocycles. The van der Waals surface area contributed by atoms with Crippen molar-refractivity contribution in [2.75, 3.05) is 44.8 Å². The predicted octanol–water partition coefficient (Wildman–Crippen LogP) is 5.12. The minimum Gasteiger partial charge on any atom is -0.491 e. The van der Waals surface area contributed by atoms with Gasteiger partial charge >= 0.3 is 6.09 Å². The van der Waals surface area contributed by atoms with E-state index in [2.05, 4.69) is 10.1 Å². The zero-order valence-corrected chi connectivity index (χ0v) is 24.2. The maximum atomic E-state index is 12.1. The molecule has 212 valence electrons. The maximum Gasteiger partial charge on any atom is 0.410 e. The monoisotopic (exact) mass is 567 g/mol. The molecule has 0 saturated heterocycles. The Morgan fingerprint density at radius 2 is 1.88 bits per heavy atom. The Hall–Kier alpha value is -3.63. The first-order valence-corrected chi connectivity index (χ1v) is 13.8. The molecule has 2 aromatic heterocycles. The summed E-state index contributed by atoms with van der Waals surface area (Å²) in [5.74, 6) is 2.46. The van der Waals surface area contributed by atoms with Gasteiger partial charge in [0.15, 0.2) is 5.82 Å². The van der Waals surface area contributed by atoms with Crippen LogP contribution in [0, 0.1) is 20.8 Å². The highest BCUT2D eigenvalue weighted by Crippen LogP contribution is 2.39. The largest absolute Gasteiger partial charge is 0.491 e. The van der Waals surface area contributed by atoms with Crippen LogP contribution in [0.4, 0.5) is 10.6 Å². The van der Waals surface area contributed by atoms with Gasteiger partial charge in [0, 0.05) is 37.3 Å². The number of carbonyl (C=O) groups is 1. The van der Waals surface area contributed by atoms with Crippen molar-refractivity contribution in [2.24, 2.45) is 0 Å². The average molecular weight is 568 g/mol. The van der Waals surface area contributed by atoms with Crippen molar-refractivity contribution >= 4 is 23.5 Å². The average Bonchev–Trinajstić information content (AvgIpc) is 3.61. The molecule has 1 N–H and O–H groups in total. The number of halogens is 1. The molecule has 1 atom stereocenters. The highest BCUT2D eigenvalue weighted by atomic mass is 35.5. The van der Waals surface area contributed by atoms with Crippen LogP contribution in [0.5, 0.6) is 5.75 Å². The number of hydrogen-bond acceptors (Lipinski definition) is 9. The van der Waals surface area contributed by atoms with Crippen LogP contribution in [0.3, 0.4) is 0 Å². The number of ether oxygens (including phenoxy) is 2. The summed E-state index contributed by atoms with van der Waals surface area (Å²) in [6.07, 6.45) is 0.672. The zero-order chi connectivity index (χ0) is 28.6. The molecule has 1 amide bonds. The summed E-state index contributed by atoms with van der Waals surface area (Å²) >= 11 is 6.69. The van der Waals surface area contributed by atoms with E-state index >= 15 is 0 Å². The van der Waals surface area contributed by atoms with Crippen LogP contribution < -0.4 is 9.64 Å². The van der Waals surface area contributed by atoms with E-state index < -0.39 is 6.10 Å². The minimum absolute atomic E-state index is 0.187. The van der Waals surface area contributed by atoms with E-state index in [1.807, 2.05) is 33.8 Å². The topological polar surface area (TPSA) is 114 Å². The minimum atomic E-state index is -0.544. The van der Waals surface area contributed by atoms with E-state index in [-0.39, 0.29) is 12.7 Å². The van der Waals surface area contributed by atoms with E-state index in [0.717, 1.165) is 34.8 Å². The van der Waals surface area contributed by atoms with Gasteiger partial charge in [-0.2, -0.15) is 0 Å². The number of benzene rings is 1. The Morgan fingerprint density at radius 1 is 1.15 bits per heavy atom. The Kier molecular flexibility index (Phi) is 8.00. The van der Waals surface area contributed by atoms with Gasteiger partial charge in [0.05, 0.1) is 35.2 Å². The van der Waals surface area contributed by atoms with E-state index in [0.29, 0.717) is 60.5 Å². The smallest absolute Gasteiger partial charge is 0.410 e. The van der Waals surface area contributed by atoms with Crippen LogP contribution in [0.2, 0.25) is 5.02 Å². The van der Waals surface area contributed by atoms with Crippen molar-refractivity contribution in [3.8, 4) is 28.4 Å². The van der Waals surface area contributed by atoms with Crippen LogP contribution in [0.25, 0.3) is 22.6 Å². The molecule has 0 aliphatic carbocycles. The Morgan fingerprint density at radius 3 is 2.50 bits per heavy atom. The van der Waals surface area contributed by atoms with Crippen molar-refractivity contribution in [3.05, 3.63) is 51.4 Å². The molecule has 2 aliphatic rings. The molecule has 2 aliphatic heterocycles. The highest BCUT2D eigenvalue weighted by molar-refractivity contribution is 6.33. The second-order valence-electron chi connectivity index (χ2n) is 10.3. The summed E-state index contributed by atoms with van der Waals surface area (Å²) in [6.45, 7) is 10.3. The number of methoxy groups -OCH3 is 1. The maximum absolute atomic E-state index is 12.1. The van der Waals surface area contributed by atoms with Crippen LogP contribution in [0.1, 0.15) is 36.8 Å². The second-order valence-corrected chi connectivity index (χ2v) is 10.7. The van der Waals surface area contributed by atoms with Gasteiger partial charge in [-0.1, -0.05) is 30.1 Å². The molecule has 5 rings (SSSR count). The standard InChI is InChI=1S/C29H34ClN5O5/c1-6-7-21(36)15-39-22-8-9-24(30)23(10-22)27-31-26(25-17(3)33-40-18(25)4)16(2)28(32-27)34-11-19-13-35(29(37)38-5)14-20(19)12-34/h8-10,21,36H,6-7,11-15H2,1-5H3/t21-/m1/s1. The van der Waals surface area contributed by atoms with E-state index in [1.165, 1.54) is 18.3 Å². The first kappa shape index (κ1) is 27.9. The molecular weight excluding hydrogens is 534 g/mol. The number of aromatic nitrogens is 3. The van der Waals surface area contributed by atoms with Crippen molar-refractivity contribution in [3.63, 3.8) is 0 Å². The fraction of sp³-hybridized carbons (Fsp3) is 0.448. The first-order chi connectivity index (χ1) is 19.2. The molecule has 0 spiro atoms. The van der Waals surface area contributed by atoms with Gasteiger partial charge in [-0.3, -0.25) is 0 Å². The van der Waals surface area contributed by atoms with Crippen LogP contribution in [0.15, 0.2) is 33.9 Å². The molecule has 0 bridgehead atoms. The lowest BCUT2D eigenvalue weighted by Gasteiger charge is -2.25. The number of hydrogen-bond donors (Lipinski definition) is 1. The van der Waals surface area contributed by atoms with Crippen molar-refractivity contribution in [2.45, 2.75) is 46.6 Å². The molecule has 0 radical (unpaired) electrons. The Bertz CT molecular complexity index is 1430. The summed E-state index contributed by atoms with van der Waals surface area (Å²) in [7, 11) is 1.40. The Balaban J connectivity index is 1.53. The lowest BCUT2D eigenvalue weighted by molar-refractivity contribution is 0.0994. The van der Waals surface area contributed by atoms with Gasteiger partial charge < -0.3 is 28.9 Å². The summed E-state index contributed by atoms with van der Waals surface area (Å²) in [5.41, 5.74) is 6.20. The molecule has 10 nitrogen and oxygen atoms in total. The zero-order valence-electron chi connectivity index (χ0n) is 23.5. The van der Waals surface area contributed by atoms with Gasteiger partial charge in [0.2, 0.25) is 0 Å². The molecule has 3 aromatic rings. The van der Waals surface area contributed by atoms with Crippen LogP contribution >= 0.6 is 11.6 Å². The van der Waals surface area contributed by atoms with Gasteiger partial charge in [-0.05, 0) is 56.5 Å². The normalized spacial score (nSPS) is 15.6. The number of carbonyl (C=O) groups excluding carboxylic acids is 1. The molecule has 40 heavy (non-hydrogen) atoms. The predicted molar refractivity (Wildman–Crippen MR) is 152 cm³/mol. The molecule has 11 heteroatoms. The third kappa shape index (κ3) is 5.38. The quantitative estimate of drug-likeness (QED) is 0.370. The van der Waals surface area contributed by atoms with Crippen molar-refractivity contribution in [1.82, 2.24) is 20.0 Å². The van der Waals surface area contributed by atoms with E-state index in [1.54, 1.807) is 17.0 Å². The molecule has 0 fully saturated rings. The second kappa shape index (κ2) is 11.5. The van der Waals surface area contributed by atoms with Gasteiger partial charge in [0.25, 0.3) is 0 Å². The number of aliphatic hydroxyl groups is 1. The van der Waals surface area contributed by atoms with Gasteiger partial charge in [-0.25, -0.2) is 14.8 Å². The van der Waals surface area contributed by atoms with E-state index in [9.17, 15) is 9.90 Å². The highest BCUT2D eigenvalue weighted by Gasteiger charge is 2.34. The summed E-state index contributed by atoms with van der Waals surface area (Å²) in [6, 6.07) is 5.34. The van der Waals surface area contributed by atoms with Crippen molar-refractivity contribution < 1.29 is 23.9 Å². The van der Waals surface area contributed by atoms with Gasteiger partial charge in [0.1, 0.15) is 23.9 Å². The molecule has 0 saturated carbocycles. The number of anilines is 1. The number of aliphatic hydroxyl groups excluding tert-OH is 1.